The van der Waals surface area contributed by atoms with Gasteiger partial charge in [0, 0.05) is 25.0 Å². The van der Waals surface area contributed by atoms with E-state index in [9.17, 15) is 0 Å². The normalized spacial score (nSPS) is 13.0. The lowest BCUT2D eigenvalue weighted by molar-refractivity contribution is 0.212. The van der Waals surface area contributed by atoms with Crippen molar-refractivity contribution >= 4 is 0 Å². The van der Waals surface area contributed by atoms with E-state index < -0.39 is 0 Å². The molecular weight excluding hydrogens is 196 g/mol. The van der Waals surface area contributed by atoms with Gasteiger partial charge in [0.15, 0.2) is 0 Å². The fraction of sp³-hybridized carbons (Fsp3) is 0.643. The van der Waals surface area contributed by atoms with Crippen LogP contribution >= 0.6 is 0 Å². The van der Waals surface area contributed by atoms with Crippen molar-refractivity contribution in [2.24, 2.45) is 0 Å². The third kappa shape index (κ3) is 4.31. The first-order chi connectivity index (χ1) is 7.77. The molecule has 1 aromatic heterocycles. The highest BCUT2D eigenvalue weighted by Crippen LogP contribution is 2.13. The van der Waals surface area contributed by atoms with Crippen molar-refractivity contribution in [2.45, 2.75) is 52.1 Å². The summed E-state index contributed by atoms with van der Waals surface area (Å²) >= 11 is 0. The molecule has 2 nitrogen and oxygen atoms in total. The Kier molecular flexibility index (Phi) is 6.09. The van der Waals surface area contributed by atoms with Crippen molar-refractivity contribution in [3.63, 3.8) is 0 Å². The molecule has 0 aliphatic rings. The minimum atomic E-state index is 0.716. The Balaban J connectivity index is 2.46. The second-order valence-corrected chi connectivity index (χ2v) is 4.47. The summed E-state index contributed by atoms with van der Waals surface area (Å²) in [5, 5.41) is 0. The van der Waals surface area contributed by atoms with Gasteiger partial charge in [0.2, 0.25) is 0 Å². The Morgan fingerprint density at radius 1 is 1.25 bits per heavy atom. The van der Waals surface area contributed by atoms with Crippen molar-refractivity contribution in [1.29, 1.82) is 0 Å². The molecule has 1 aromatic rings. The number of pyridine rings is 1. The summed E-state index contributed by atoms with van der Waals surface area (Å²) in [6.45, 7) is 5.57. The molecule has 1 heterocycles. The predicted octanol–water partition coefficient (Wildman–Crippen LogP) is 3.48. The highest BCUT2D eigenvalue weighted by molar-refractivity contribution is 5.09. The maximum absolute atomic E-state index is 4.05. The van der Waals surface area contributed by atoms with Gasteiger partial charge in [-0.15, -0.1) is 0 Å². The lowest BCUT2D eigenvalue weighted by Gasteiger charge is -2.27. The van der Waals surface area contributed by atoms with Crippen LogP contribution in [-0.4, -0.2) is 23.0 Å². The fourth-order valence-electron chi connectivity index (χ4n) is 2.08. The van der Waals surface area contributed by atoms with Gasteiger partial charge >= 0.3 is 0 Å². The van der Waals surface area contributed by atoms with E-state index in [1.54, 1.807) is 0 Å². The summed E-state index contributed by atoms with van der Waals surface area (Å²) in [5.74, 6) is 0. The Labute approximate surface area is 99.7 Å². The van der Waals surface area contributed by atoms with Crippen LogP contribution in [0.3, 0.4) is 0 Å². The predicted molar refractivity (Wildman–Crippen MR) is 69.3 cm³/mol. The molecule has 0 bridgehead atoms. The molecular formula is C14H24N2. The molecule has 0 aliphatic heterocycles. The summed E-state index contributed by atoms with van der Waals surface area (Å²) < 4.78 is 0. The lowest BCUT2D eigenvalue weighted by atomic mass is 10.1. The number of hydrogen-bond acceptors (Lipinski definition) is 2. The average Bonchev–Trinajstić information content (AvgIpc) is 2.31. The van der Waals surface area contributed by atoms with Gasteiger partial charge in [0.1, 0.15) is 0 Å². The minimum Gasteiger partial charge on any atom is -0.299 e. The topological polar surface area (TPSA) is 16.1 Å². The summed E-state index contributed by atoms with van der Waals surface area (Å²) in [4.78, 5) is 6.51. The van der Waals surface area contributed by atoms with E-state index in [0.29, 0.717) is 6.04 Å². The van der Waals surface area contributed by atoms with E-state index in [0.717, 1.165) is 6.54 Å². The Morgan fingerprint density at radius 2 is 1.94 bits per heavy atom. The smallest absolute Gasteiger partial charge is 0.0271 e. The standard InChI is InChI=1S/C14H24N2/c1-4-6-7-14(5-2)16(3)12-13-8-10-15-11-9-13/h8-11,14H,4-7,12H2,1-3H3. The van der Waals surface area contributed by atoms with Gasteiger partial charge in [-0.05, 0) is 37.6 Å². The Morgan fingerprint density at radius 3 is 2.50 bits per heavy atom. The number of hydrogen-bond donors (Lipinski definition) is 0. The molecule has 0 saturated heterocycles. The molecule has 0 N–H and O–H groups in total. The van der Waals surface area contributed by atoms with Gasteiger partial charge in [-0.25, -0.2) is 0 Å². The largest absolute Gasteiger partial charge is 0.299 e. The molecule has 16 heavy (non-hydrogen) atoms. The van der Waals surface area contributed by atoms with Crippen molar-refractivity contribution in [3.05, 3.63) is 30.1 Å². The third-order valence-electron chi connectivity index (χ3n) is 3.17. The van der Waals surface area contributed by atoms with Crippen molar-refractivity contribution < 1.29 is 0 Å². The van der Waals surface area contributed by atoms with Gasteiger partial charge in [0.25, 0.3) is 0 Å². The highest BCUT2D eigenvalue weighted by atomic mass is 15.1. The zero-order chi connectivity index (χ0) is 11.8. The van der Waals surface area contributed by atoms with E-state index >= 15 is 0 Å². The van der Waals surface area contributed by atoms with Gasteiger partial charge in [-0.3, -0.25) is 9.88 Å². The zero-order valence-corrected chi connectivity index (χ0v) is 10.8. The van der Waals surface area contributed by atoms with Crippen LogP contribution in [0.5, 0.6) is 0 Å². The van der Waals surface area contributed by atoms with Crippen LogP contribution < -0.4 is 0 Å². The molecule has 0 radical (unpaired) electrons. The van der Waals surface area contributed by atoms with Crippen molar-refractivity contribution in [1.82, 2.24) is 9.88 Å². The number of rotatable bonds is 7. The molecule has 0 spiro atoms. The van der Waals surface area contributed by atoms with Crippen LogP contribution in [0, 0.1) is 0 Å². The lowest BCUT2D eigenvalue weighted by Crippen LogP contribution is -2.30. The first kappa shape index (κ1) is 13.2. The van der Waals surface area contributed by atoms with Gasteiger partial charge in [-0.1, -0.05) is 26.7 Å². The SMILES string of the molecule is CCCCC(CC)N(C)Cc1ccncc1. The number of nitrogens with zero attached hydrogens (tertiary/aromatic N) is 2. The van der Waals surface area contributed by atoms with Crippen molar-refractivity contribution in [2.75, 3.05) is 7.05 Å². The van der Waals surface area contributed by atoms with E-state index in [-0.39, 0.29) is 0 Å². The number of unbranched alkanes of at least 4 members (excludes halogenated alkanes) is 1. The quantitative estimate of drug-likeness (QED) is 0.699. The summed E-state index contributed by atoms with van der Waals surface area (Å²) in [5.41, 5.74) is 1.35. The van der Waals surface area contributed by atoms with Gasteiger partial charge < -0.3 is 0 Å². The highest BCUT2D eigenvalue weighted by Gasteiger charge is 2.11. The van der Waals surface area contributed by atoms with Crippen LogP contribution in [0.4, 0.5) is 0 Å². The monoisotopic (exact) mass is 220 g/mol. The molecule has 1 atom stereocenters. The van der Waals surface area contributed by atoms with Crippen LogP contribution in [-0.2, 0) is 6.54 Å². The van der Waals surface area contributed by atoms with E-state index in [4.69, 9.17) is 0 Å². The first-order valence-electron chi connectivity index (χ1n) is 6.37. The second-order valence-electron chi connectivity index (χ2n) is 4.47. The number of aromatic nitrogens is 1. The average molecular weight is 220 g/mol. The zero-order valence-electron chi connectivity index (χ0n) is 10.8. The summed E-state index contributed by atoms with van der Waals surface area (Å²) in [7, 11) is 2.23. The molecule has 1 unspecified atom stereocenters. The Hall–Kier alpha value is -0.890. The van der Waals surface area contributed by atoms with Crippen LogP contribution in [0.25, 0.3) is 0 Å². The molecule has 0 aromatic carbocycles. The van der Waals surface area contributed by atoms with E-state index in [1.807, 2.05) is 12.4 Å². The minimum absolute atomic E-state index is 0.716. The third-order valence-corrected chi connectivity index (χ3v) is 3.17. The summed E-state index contributed by atoms with van der Waals surface area (Å²) in [6.07, 6.45) is 8.92. The molecule has 0 saturated carbocycles. The van der Waals surface area contributed by atoms with E-state index in [1.165, 1.54) is 31.2 Å². The molecule has 1 rings (SSSR count). The Bertz CT molecular complexity index is 271. The van der Waals surface area contributed by atoms with Crippen LogP contribution in [0.2, 0.25) is 0 Å². The van der Waals surface area contributed by atoms with Gasteiger partial charge in [-0.2, -0.15) is 0 Å². The molecule has 0 fully saturated rings. The second kappa shape index (κ2) is 7.39. The summed E-state index contributed by atoms with van der Waals surface area (Å²) in [6, 6.07) is 4.92. The van der Waals surface area contributed by atoms with Gasteiger partial charge in [0.05, 0.1) is 0 Å². The van der Waals surface area contributed by atoms with Crippen LogP contribution in [0.1, 0.15) is 45.1 Å². The van der Waals surface area contributed by atoms with Crippen LogP contribution in [0.15, 0.2) is 24.5 Å². The molecule has 0 amide bonds. The molecule has 0 aliphatic carbocycles. The van der Waals surface area contributed by atoms with Crippen molar-refractivity contribution in [3.8, 4) is 0 Å². The maximum atomic E-state index is 4.05. The first-order valence-corrected chi connectivity index (χ1v) is 6.37. The van der Waals surface area contributed by atoms with E-state index in [2.05, 4.69) is 42.9 Å². The fourth-order valence-corrected chi connectivity index (χ4v) is 2.08. The molecule has 2 heteroatoms. The maximum Gasteiger partial charge on any atom is 0.0271 e. The molecule has 90 valence electrons.